The highest BCUT2D eigenvalue weighted by Gasteiger charge is 2.01. The maximum absolute atomic E-state index is 4.95. The molecule has 1 N–H and O–H groups in total. The van der Waals surface area contributed by atoms with Crippen LogP contribution >= 0.6 is 11.3 Å². The summed E-state index contributed by atoms with van der Waals surface area (Å²) in [6.07, 6.45) is 1.77. The molecule has 0 aliphatic heterocycles. The van der Waals surface area contributed by atoms with E-state index in [2.05, 4.69) is 32.2 Å². The van der Waals surface area contributed by atoms with E-state index in [4.69, 9.17) is 4.74 Å². The average molecular weight is 252 g/mol. The Kier molecular flexibility index (Phi) is 4.66. The second kappa shape index (κ2) is 6.48. The van der Waals surface area contributed by atoms with Crippen LogP contribution in [0.1, 0.15) is 11.4 Å². The molecule has 6 heteroatoms. The van der Waals surface area contributed by atoms with Gasteiger partial charge in [-0.2, -0.15) is 16.4 Å². The predicted octanol–water partition coefficient (Wildman–Crippen LogP) is 1.12. The molecule has 5 nitrogen and oxygen atoms in total. The van der Waals surface area contributed by atoms with Gasteiger partial charge in [0.1, 0.15) is 6.33 Å². The SMILES string of the molecule is COCCNCc1ncn(Cc2ccsc2)n1. The highest BCUT2D eigenvalue weighted by Crippen LogP contribution is 2.07. The highest BCUT2D eigenvalue weighted by molar-refractivity contribution is 7.07. The normalized spacial score (nSPS) is 10.9. The van der Waals surface area contributed by atoms with Gasteiger partial charge in [-0.25, -0.2) is 9.67 Å². The Morgan fingerprint density at radius 1 is 1.53 bits per heavy atom. The summed E-state index contributed by atoms with van der Waals surface area (Å²) in [4.78, 5) is 4.25. The number of methoxy groups -OCH3 is 1. The van der Waals surface area contributed by atoms with E-state index in [-0.39, 0.29) is 0 Å². The van der Waals surface area contributed by atoms with Crippen molar-refractivity contribution in [3.63, 3.8) is 0 Å². The van der Waals surface area contributed by atoms with E-state index in [0.29, 0.717) is 13.2 Å². The van der Waals surface area contributed by atoms with Gasteiger partial charge in [0.25, 0.3) is 0 Å². The van der Waals surface area contributed by atoms with E-state index >= 15 is 0 Å². The van der Waals surface area contributed by atoms with Gasteiger partial charge in [0.15, 0.2) is 5.82 Å². The molecule has 0 unspecified atom stereocenters. The van der Waals surface area contributed by atoms with Crippen molar-refractivity contribution < 1.29 is 4.74 Å². The summed E-state index contributed by atoms with van der Waals surface area (Å²) in [6.45, 7) is 2.99. The van der Waals surface area contributed by atoms with Crippen molar-refractivity contribution in [1.29, 1.82) is 0 Å². The fourth-order valence-corrected chi connectivity index (χ4v) is 2.09. The monoisotopic (exact) mass is 252 g/mol. The lowest BCUT2D eigenvalue weighted by molar-refractivity contribution is 0.199. The van der Waals surface area contributed by atoms with Gasteiger partial charge in [0.2, 0.25) is 0 Å². The van der Waals surface area contributed by atoms with Crippen molar-refractivity contribution in [2.75, 3.05) is 20.3 Å². The minimum absolute atomic E-state index is 0.681. The Morgan fingerprint density at radius 2 is 2.47 bits per heavy atom. The number of nitrogens with one attached hydrogen (secondary N) is 1. The molecule has 2 heterocycles. The first-order valence-corrected chi connectivity index (χ1v) is 6.42. The Labute approximate surface area is 104 Å². The molecule has 0 bridgehead atoms. The number of hydrogen-bond donors (Lipinski definition) is 1. The maximum Gasteiger partial charge on any atom is 0.164 e. The molecule has 92 valence electrons. The van der Waals surface area contributed by atoms with E-state index in [1.165, 1.54) is 5.56 Å². The third-order valence-corrected chi connectivity index (χ3v) is 3.01. The number of rotatable bonds is 7. The molecule has 0 saturated carbocycles. The summed E-state index contributed by atoms with van der Waals surface area (Å²) >= 11 is 1.70. The fourth-order valence-electron chi connectivity index (χ4n) is 1.43. The molecule has 2 rings (SSSR count). The lowest BCUT2D eigenvalue weighted by Crippen LogP contribution is -2.19. The number of ether oxygens (including phenoxy) is 1. The van der Waals surface area contributed by atoms with E-state index in [9.17, 15) is 0 Å². The zero-order valence-electron chi connectivity index (χ0n) is 9.80. The lowest BCUT2D eigenvalue weighted by atomic mass is 10.3. The first-order chi connectivity index (χ1) is 8.38. The van der Waals surface area contributed by atoms with E-state index < -0.39 is 0 Å². The Balaban J connectivity index is 1.79. The molecule has 17 heavy (non-hydrogen) atoms. The molecule has 2 aromatic rings. The van der Waals surface area contributed by atoms with E-state index in [1.807, 2.05) is 4.68 Å². The van der Waals surface area contributed by atoms with Gasteiger partial charge in [-0.05, 0) is 22.4 Å². The summed E-state index contributed by atoms with van der Waals surface area (Å²) in [7, 11) is 1.69. The van der Waals surface area contributed by atoms with Crippen molar-refractivity contribution in [2.45, 2.75) is 13.1 Å². The number of thiophene rings is 1. The predicted molar refractivity (Wildman–Crippen MR) is 67.0 cm³/mol. The van der Waals surface area contributed by atoms with Crippen LogP contribution in [0.5, 0.6) is 0 Å². The zero-order chi connectivity index (χ0) is 11.9. The third-order valence-electron chi connectivity index (χ3n) is 2.27. The molecule has 0 amide bonds. The summed E-state index contributed by atoms with van der Waals surface area (Å²) in [6, 6.07) is 2.10. The van der Waals surface area contributed by atoms with E-state index in [0.717, 1.165) is 18.9 Å². The van der Waals surface area contributed by atoms with Gasteiger partial charge in [0, 0.05) is 13.7 Å². The second-order valence-corrected chi connectivity index (χ2v) is 4.44. The molecule has 0 aromatic carbocycles. The zero-order valence-corrected chi connectivity index (χ0v) is 10.6. The van der Waals surface area contributed by atoms with Crippen LogP contribution in [0, 0.1) is 0 Å². The van der Waals surface area contributed by atoms with Crippen LogP contribution in [-0.2, 0) is 17.8 Å². The molecular formula is C11H16N4OS. The van der Waals surface area contributed by atoms with Crippen LogP contribution in [0.3, 0.4) is 0 Å². The first-order valence-electron chi connectivity index (χ1n) is 5.47. The topological polar surface area (TPSA) is 52.0 Å². The van der Waals surface area contributed by atoms with Crippen molar-refractivity contribution in [3.8, 4) is 0 Å². The van der Waals surface area contributed by atoms with Crippen LogP contribution in [-0.4, -0.2) is 35.0 Å². The van der Waals surface area contributed by atoms with Crippen LogP contribution in [0.2, 0.25) is 0 Å². The van der Waals surface area contributed by atoms with Gasteiger partial charge < -0.3 is 10.1 Å². The van der Waals surface area contributed by atoms with Crippen LogP contribution in [0.15, 0.2) is 23.2 Å². The summed E-state index contributed by atoms with van der Waals surface area (Å²) in [5.74, 6) is 0.816. The average Bonchev–Trinajstić information content (AvgIpc) is 2.97. The molecule has 0 spiro atoms. The third kappa shape index (κ3) is 3.92. The van der Waals surface area contributed by atoms with Crippen LogP contribution in [0.25, 0.3) is 0 Å². The molecule has 0 atom stereocenters. The van der Waals surface area contributed by atoms with Gasteiger partial charge in [-0.15, -0.1) is 0 Å². The first kappa shape index (κ1) is 12.2. The highest BCUT2D eigenvalue weighted by atomic mass is 32.1. The van der Waals surface area contributed by atoms with Crippen LogP contribution < -0.4 is 5.32 Å². The van der Waals surface area contributed by atoms with Crippen LogP contribution in [0.4, 0.5) is 0 Å². The molecule has 0 aliphatic rings. The van der Waals surface area contributed by atoms with Gasteiger partial charge in [-0.3, -0.25) is 0 Å². The number of nitrogens with zero attached hydrogens (tertiary/aromatic N) is 3. The van der Waals surface area contributed by atoms with Crippen molar-refractivity contribution in [1.82, 2.24) is 20.1 Å². The smallest absolute Gasteiger partial charge is 0.164 e. The summed E-state index contributed by atoms with van der Waals surface area (Å²) < 4.78 is 6.80. The molecule has 2 aromatic heterocycles. The largest absolute Gasteiger partial charge is 0.383 e. The van der Waals surface area contributed by atoms with Gasteiger partial charge in [-0.1, -0.05) is 0 Å². The second-order valence-electron chi connectivity index (χ2n) is 3.66. The van der Waals surface area contributed by atoms with Crippen molar-refractivity contribution >= 4 is 11.3 Å². The minimum atomic E-state index is 0.681. The maximum atomic E-state index is 4.95. The minimum Gasteiger partial charge on any atom is -0.383 e. The molecule has 0 fully saturated rings. The molecule has 0 radical (unpaired) electrons. The standard InChI is InChI=1S/C11H16N4OS/c1-16-4-3-12-6-11-13-9-15(14-11)7-10-2-5-17-8-10/h2,5,8-9,12H,3-4,6-7H2,1H3. The van der Waals surface area contributed by atoms with Gasteiger partial charge >= 0.3 is 0 Å². The summed E-state index contributed by atoms with van der Waals surface area (Å²) in [5.41, 5.74) is 1.26. The van der Waals surface area contributed by atoms with E-state index in [1.54, 1.807) is 24.8 Å². The summed E-state index contributed by atoms with van der Waals surface area (Å²) in [5, 5.41) is 11.8. The lowest BCUT2D eigenvalue weighted by Gasteiger charge is -2.00. The Bertz CT molecular complexity index is 426. The Morgan fingerprint density at radius 3 is 3.24 bits per heavy atom. The van der Waals surface area contributed by atoms with Crippen molar-refractivity contribution in [3.05, 3.63) is 34.5 Å². The van der Waals surface area contributed by atoms with Gasteiger partial charge in [0.05, 0.1) is 19.7 Å². The molecule has 0 aliphatic carbocycles. The quantitative estimate of drug-likeness (QED) is 0.750. The fraction of sp³-hybridized carbons (Fsp3) is 0.455. The molecule has 0 saturated heterocycles. The number of hydrogen-bond acceptors (Lipinski definition) is 5. The van der Waals surface area contributed by atoms with Crippen molar-refractivity contribution in [2.24, 2.45) is 0 Å². The Hall–Kier alpha value is -1.24. The number of aromatic nitrogens is 3. The molecular weight excluding hydrogens is 236 g/mol.